The number of benzene rings is 1. The molecule has 0 aliphatic heterocycles. The number of nitrogens with two attached hydrogens (primary N) is 2. The molecule has 0 saturated carbocycles. The van der Waals surface area contributed by atoms with Crippen LogP contribution in [-0.2, 0) is 4.74 Å². The molecular formula is C11H12N2O2S. The van der Waals surface area contributed by atoms with Crippen molar-refractivity contribution in [2.45, 2.75) is 6.92 Å². The van der Waals surface area contributed by atoms with Crippen LogP contribution in [0.4, 0.5) is 11.4 Å². The number of rotatable bonds is 2. The molecule has 0 unspecified atom stereocenters. The van der Waals surface area contributed by atoms with E-state index < -0.39 is 0 Å². The van der Waals surface area contributed by atoms with Crippen LogP contribution in [0.25, 0.3) is 10.1 Å². The second-order valence-electron chi connectivity index (χ2n) is 3.32. The van der Waals surface area contributed by atoms with Gasteiger partial charge in [0.2, 0.25) is 0 Å². The summed E-state index contributed by atoms with van der Waals surface area (Å²) in [6.07, 6.45) is 0. The van der Waals surface area contributed by atoms with Crippen LogP contribution < -0.4 is 11.5 Å². The predicted molar refractivity (Wildman–Crippen MR) is 66.6 cm³/mol. The lowest BCUT2D eigenvalue weighted by molar-refractivity contribution is 0.0533. The van der Waals surface area contributed by atoms with Gasteiger partial charge in [0.15, 0.2) is 0 Å². The number of esters is 1. The highest BCUT2D eigenvalue weighted by Crippen LogP contribution is 2.35. The highest BCUT2D eigenvalue weighted by molar-refractivity contribution is 7.21. The number of nitrogen functional groups attached to an aromatic ring is 2. The van der Waals surface area contributed by atoms with Crippen molar-refractivity contribution in [3.63, 3.8) is 0 Å². The minimum atomic E-state index is -0.375. The van der Waals surface area contributed by atoms with Gasteiger partial charge in [0.05, 0.1) is 12.3 Å². The number of anilines is 2. The number of thiophene rings is 1. The highest BCUT2D eigenvalue weighted by Gasteiger charge is 2.17. The minimum Gasteiger partial charge on any atom is -0.462 e. The van der Waals surface area contributed by atoms with E-state index in [0.29, 0.717) is 22.9 Å². The molecule has 2 aromatic rings. The first-order valence-corrected chi connectivity index (χ1v) is 5.69. The molecule has 5 heteroatoms. The molecule has 1 heterocycles. The van der Waals surface area contributed by atoms with E-state index >= 15 is 0 Å². The lowest BCUT2D eigenvalue weighted by atomic mass is 10.2. The van der Waals surface area contributed by atoms with E-state index in [2.05, 4.69) is 0 Å². The zero-order chi connectivity index (χ0) is 11.7. The summed E-state index contributed by atoms with van der Waals surface area (Å²) in [7, 11) is 0. The molecule has 0 amide bonds. The number of fused-ring (bicyclic) bond motifs is 1. The molecule has 16 heavy (non-hydrogen) atoms. The summed E-state index contributed by atoms with van der Waals surface area (Å²) in [5.74, 6) is -0.375. The van der Waals surface area contributed by atoms with E-state index in [1.165, 1.54) is 11.3 Å². The Bertz CT molecular complexity index is 548. The number of hydrogen-bond acceptors (Lipinski definition) is 5. The van der Waals surface area contributed by atoms with Gasteiger partial charge >= 0.3 is 5.97 Å². The summed E-state index contributed by atoms with van der Waals surface area (Å²) >= 11 is 1.33. The van der Waals surface area contributed by atoms with Crippen LogP contribution in [-0.4, -0.2) is 12.6 Å². The Kier molecular flexibility index (Phi) is 2.70. The van der Waals surface area contributed by atoms with Gasteiger partial charge < -0.3 is 16.2 Å². The number of ether oxygens (including phenoxy) is 1. The lowest BCUT2D eigenvalue weighted by Gasteiger charge is -1.99. The molecule has 0 aliphatic rings. The Labute approximate surface area is 96.8 Å². The third kappa shape index (κ3) is 1.69. The first-order chi connectivity index (χ1) is 7.63. The third-order valence-corrected chi connectivity index (χ3v) is 3.38. The van der Waals surface area contributed by atoms with E-state index in [0.717, 1.165) is 10.1 Å². The summed E-state index contributed by atoms with van der Waals surface area (Å²) in [4.78, 5) is 12.0. The smallest absolute Gasteiger partial charge is 0.350 e. The van der Waals surface area contributed by atoms with Gasteiger partial charge in [0.25, 0.3) is 0 Å². The van der Waals surface area contributed by atoms with Crippen LogP contribution in [0, 0.1) is 0 Å². The summed E-state index contributed by atoms with van der Waals surface area (Å²) in [5.41, 5.74) is 12.6. The Morgan fingerprint density at radius 2 is 2.19 bits per heavy atom. The van der Waals surface area contributed by atoms with Crippen molar-refractivity contribution in [3.8, 4) is 0 Å². The van der Waals surface area contributed by atoms with E-state index in [4.69, 9.17) is 16.2 Å². The first-order valence-electron chi connectivity index (χ1n) is 4.88. The monoisotopic (exact) mass is 236 g/mol. The van der Waals surface area contributed by atoms with Crippen LogP contribution in [0.1, 0.15) is 16.6 Å². The predicted octanol–water partition coefficient (Wildman–Crippen LogP) is 2.24. The fraction of sp³-hybridized carbons (Fsp3) is 0.182. The molecule has 1 aromatic heterocycles. The summed E-state index contributed by atoms with van der Waals surface area (Å²) < 4.78 is 5.87. The van der Waals surface area contributed by atoms with Crippen LogP contribution in [0.3, 0.4) is 0 Å². The molecule has 0 saturated heterocycles. The molecule has 0 aliphatic carbocycles. The molecule has 0 fully saturated rings. The Morgan fingerprint density at radius 3 is 2.88 bits per heavy atom. The van der Waals surface area contributed by atoms with Crippen molar-refractivity contribution in [2.24, 2.45) is 0 Å². The van der Waals surface area contributed by atoms with E-state index in [1.54, 1.807) is 19.1 Å². The fourth-order valence-electron chi connectivity index (χ4n) is 1.48. The summed E-state index contributed by atoms with van der Waals surface area (Å²) in [5, 5.41) is 0.813. The molecule has 84 valence electrons. The van der Waals surface area contributed by atoms with Gasteiger partial charge in [0.1, 0.15) is 4.88 Å². The number of carbonyl (C=O) groups is 1. The van der Waals surface area contributed by atoms with Crippen molar-refractivity contribution in [1.29, 1.82) is 0 Å². The maximum absolute atomic E-state index is 11.6. The maximum Gasteiger partial charge on any atom is 0.350 e. The van der Waals surface area contributed by atoms with E-state index in [-0.39, 0.29) is 5.97 Å². The molecule has 4 nitrogen and oxygen atoms in total. The molecule has 0 bridgehead atoms. The van der Waals surface area contributed by atoms with Gasteiger partial charge in [-0.25, -0.2) is 4.79 Å². The van der Waals surface area contributed by atoms with Crippen molar-refractivity contribution in [3.05, 3.63) is 23.1 Å². The SMILES string of the molecule is CCOC(=O)c1sc2ccc(N)cc2c1N. The van der Waals surface area contributed by atoms with Gasteiger partial charge in [-0.2, -0.15) is 0 Å². The fourth-order valence-corrected chi connectivity index (χ4v) is 2.48. The number of carbonyl (C=O) groups excluding carboxylic acids is 1. The summed E-state index contributed by atoms with van der Waals surface area (Å²) in [6, 6.07) is 5.41. The Morgan fingerprint density at radius 1 is 1.44 bits per heavy atom. The zero-order valence-corrected chi connectivity index (χ0v) is 9.64. The second-order valence-corrected chi connectivity index (χ2v) is 4.37. The standard InChI is InChI=1S/C11H12N2O2S/c1-2-15-11(14)10-9(13)7-5-6(12)3-4-8(7)16-10/h3-5H,2,12-13H2,1H3. The van der Waals surface area contributed by atoms with Gasteiger partial charge in [-0.3, -0.25) is 0 Å². The Balaban J connectivity index is 2.56. The molecule has 0 spiro atoms. The second kappa shape index (κ2) is 4.02. The molecule has 4 N–H and O–H groups in total. The van der Waals surface area contributed by atoms with E-state index in [9.17, 15) is 4.79 Å². The molecule has 2 rings (SSSR count). The topological polar surface area (TPSA) is 78.3 Å². The molecular weight excluding hydrogens is 224 g/mol. The van der Waals surface area contributed by atoms with Crippen LogP contribution in [0.5, 0.6) is 0 Å². The average molecular weight is 236 g/mol. The van der Waals surface area contributed by atoms with Gasteiger partial charge in [-0.1, -0.05) is 0 Å². The maximum atomic E-state index is 11.6. The van der Waals surface area contributed by atoms with Gasteiger partial charge in [0, 0.05) is 15.8 Å². The van der Waals surface area contributed by atoms with Crippen LogP contribution in [0.15, 0.2) is 18.2 Å². The third-order valence-electron chi connectivity index (χ3n) is 2.21. The van der Waals surface area contributed by atoms with Gasteiger partial charge in [-0.05, 0) is 25.1 Å². The zero-order valence-electron chi connectivity index (χ0n) is 8.82. The first kappa shape index (κ1) is 10.8. The molecule has 1 aromatic carbocycles. The highest BCUT2D eigenvalue weighted by atomic mass is 32.1. The van der Waals surface area contributed by atoms with Crippen molar-refractivity contribution < 1.29 is 9.53 Å². The van der Waals surface area contributed by atoms with Crippen LogP contribution >= 0.6 is 11.3 Å². The largest absolute Gasteiger partial charge is 0.462 e. The van der Waals surface area contributed by atoms with Crippen molar-refractivity contribution in [2.75, 3.05) is 18.1 Å². The molecule has 0 atom stereocenters. The molecule has 0 radical (unpaired) electrons. The minimum absolute atomic E-state index is 0.342. The van der Waals surface area contributed by atoms with Gasteiger partial charge in [-0.15, -0.1) is 11.3 Å². The normalized spacial score (nSPS) is 10.6. The quantitative estimate of drug-likeness (QED) is 0.619. The van der Waals surface area contributed by atoms with Crippen molar-refractivity contribution in [1.82, 2.24) is 0 Å². The van der Waals surface area contributed by atoms with Crippen LogP contribution in [0.2, 0.25) is 0 Å². The van der Waals surface area contributed by atoms with Crippen molar-refractivity contribution >= 4 is 38.8 Å². The lowest BCUT2D eigenvalue weighted by Crippen LogP contribution is -2.04. The number of hydrogen-bond donors (Lipinski definition) is 2. The Hall–Kier alpha value is -1.75. The van der Waals surface area contributed by atoms with E-state index in [1.807, 2.05) is 6.07 Å². The average Bonchev–Trinajstić information content (AvgIpc) is 2.57. The summed E-state index contributed by atoms with van der Waals surface area (Å²) in [6.45, 7) is 2.11.